The molecule has 10 heteroatoms. The number of ether oxygens (including phenoxy) is 2. The van der Waals surface area contributed by atoms with Crippen molar-refractivity contribution < 1.29 is 17.9 Å². The topological polar surface area (TPSA) is 115 Å². The standard InChI is InChI=1S/C22H30N4O4S.HI/c1-16-3-6-18(21(13-16)30-19-10-12-29-15-19)14-26-22(24-2)25-11-9-17-4-7-20(8-5-17)31(23,27)28;/h3-8,13,19H,9-12,14-15H2,1-2H3,(H2,23,27,28)(H2,24,25,26);1H. The molecule has 1 heterocycles. The molecule has 2 aromatic carbocycles. The second-order valence-electron chi connectivity index (χ2n) is 7.51. The number of benzene rings is 2. The third kappa shape index (κ3) is 7.91. The highest BCUT2D eigenvalue weighted by Gasteiger charge is 2.18. The summed E-state index contributed by atoms with van der Waals surface area (Å²) in [6, 6.07) is 12.7. The number of hydrogen-bond donors (Lipinski definition) is 3. The zero-order valence-electron chi connectivity index (χ0n) is 18.3. The number of nitrogens with zero attached hydrogens (tertiary/aromatic N) is 1. The molecule has 0 spiro atoms. The Hall–Kier alpha value is -1.89. The lowest BCUT2D eigenvalue weighted by molar-refractivity contribution is 0.140. The number of aryl methyl sites for hydroxylation is 1. The van der Waals surface area contributed by atoms with Gasteiger partial charge in [0.1, 0.15) is 11.9 Å². The van der Waals surface area contributed by atoms with Crippen LogP contribution in [0.4, 0.5) is 0 Å². The molecule has 4 N–H and O–H groups in total. The number of rotatable bonds is 8. The number of aliphatic imine (C=N–C) groups is 1. The number of guanidine groups is 1. The Balaban J connectivity index is 0.00000363. The summed E-state index contributed by atoms with van der Waals surface area (Å²) in [6.07, 6.45) is 1.72. The maximum Gasteiger partial charge on any atom is 0.238 e. The van der Waals surface area contributed by atoms with Gasteiger partial charge in [0.15, 0.2) is 5.96 Å². The second-order valence-corrected chi connectivity index (χ2v) is 9.07. The van der Waals surface area contributed by atoms with Gasteiger partial charge in [-0.2, -0.15) is 0 Å². The van der Waals surface area contributed by atoms with Gasteiger partial charge in [-0.3, -0.25) is 4.99 Å². The van der Waals surface area contributed by atoms with Crippen molar-refractivity contribution in [2.75, 3.05) is 26.8 Å². The normalized spacial score (nSPS) is 16.3. The monoisotopic (exact) mass is 574 g/mol. The molecule has 1 fully saturated rings. The third-order valence-corrected chi connectivity index (χ3v) is 5.96. The SMILES string of the molecule is CN=C(NCCc1ccc(S(N)(=O)=O)cc1)NCc1ccc(C)cc1OC1CCOC1.I. The maximum atomic E-state index is 11.3. The molecule has 8 nitrogen and oxygen atoms in total. The van der Waals surface area contributed by atoms with Gasteiger partial charge in [0.25, 0.3) is 0 Å². The summed E-state index contributed by atoms with van der Waals surface area (Å²) in [5.74, 6) is 1.55. The van der Waals surface area contributed by atoms with E-state index in [1.807, 2.05) is 6.92 Å². The Morgan fingerprint density at radius 1 is 1.22 bits per heavy atom. The van der Waals surface area contributed by atoms with Crippen molar-refractivity contribution in [3.05, 3.63) is 59.2 Å². The number of nitrogens with one attached hydrogen (secondary N) is 2. The van der Waals surface area contributed by atoms with Crippen LogP contribution < -0.4 is 20.5 Å². The van der Waals surface area contributed by atoms with E-state index in [0.717, 1.165) is 35.5 Å². The van der Waals surface area contributed by atoms with Crippen LogP contribution in [0.5, 0.6) is 5.75 Å². The predicted molar refractivity (Wildman–Crippen MR) is 136 cm³/mol. The Morgan fingerprint density at radius 2 is 1.97 bits per heavy atom. The summed E-state index contributed by atoms with van der Waals surface area (Å²) in [7, 11) is -1.95. The summed E-state index contributed by atoms with van der Waals surface area (Å²) >= 11 is 0. The van der Waals surface area contributed by atoms with Crippen molar-refractivity contribution in [3.63, 3.8) is 0 Å². The van der Waals surface area contributed by atoms with E-state index in [2.05, 4.69) is 33.8 Å². The molecule has 1 unspecified atom stereocenters. The van der Waals surface area contributed by atoms with Gasteiger partial charge in [-0.15, -0.1) is 24.0 Å². The lowest BCUT2D eigenvalue weighted by atomic mass is 10.1. The second kappa shape index (κ2) is 12.4. The zero-order chi connectivity index (χ0) is 22.3. The highest BCUT2D eigenvalue weighted by Crippen LogP contribution is 2.23. The fraction of sp³-hybridized carbons (Fsp3) is 0.409. The lowest BCUT2D eigenvalue weighted by Crippen LogP contribution is -2.38. The van der Waals surface area contributed by atoms with E-state index in [-0.39, 0.29) is 35.0 Å². The highest BCUT2D eigenvalue weighted by atomic mass is 127. The van der Waals surface area contributed by atoms with E-state index in [9.17, 15) is 8.42 Å². The van der Waals surface area contributed by atoms with E-state index in [4.69, 9.17) is 14.6 Å². The minimum absolute atomic E-state index is 0. The maximum absolute atomic E-state index is 11.3. The van der Waals surface area contributed by atoms with Gasteiger partial charge in [-0.25, -0.2) is 13.6 Å². The molecule has 176 valence electrons. The lowest BCUT2D eigenvalue weighted by Gasteiger charge is -2.18. The molecule has 0 radical (unpaired) electrons. The first-order valence-electron chi connectivity index (χ1n) is 10.3. The van der Waals surface area contributed by atoms with Gasteiger partial charge >= 0.3 is 0 Å². The average Bonchev–Trinajstić information content (AvgIpc) is 3.24. The van der Waals surface area contributed by atoms with Crippen LogP contribution in [-0.4, -0.2) is 47.3 Å². The quantitative estimate of drug-likeness (QED) is 0.254. The van der Waals surface area contributed by atoms with E-state index in [0.29, 0.717) is 32.1 Å². The number of sulfonamides is 1. The van der Waals surface area contributed by atoms with E-state index >= 15 is 0 Å². The Labute approximate surface area is 207 Å². The number of nitrogens with two attached hydrogens (primary N) is 1. The van der Waals surface area contributed by atoms with Crippen molar-refractivity contribution in [3.8, 4) is 5.75 Å². The number of halogens is 1. The molecule has 0 bridgehead atoms. The predicted octanol–water partition coefficient (Wildman–Crippen LogP) is 2.34. The van der Waals surface area contributed by atoms with Crippen LogP contribution >= 0.6 is 24.0 Å². The molecule has 0 amide bonds. The fourth-order valence-electron chi connectivity index (χ4n) is 3.27. The largest absolute Gasteiger partial charge is 0.488 e. The minimum Gasteiger partial charge on any atom is -0.488 e. The molecule has 1 aliphatic rings. The molecule has 0 saturated carbocycles. The average molecular weight is 574 g/mol. The summed E-state index contributed by atoms with van der Waals surface area (Å²) in [5.41, 5.74) is 3.20. The van der Waals surface area contributed by atoms with Crippen LogP contribution in [-0.2, 0) is 27.7 Å². The van der Waals surface area contributed by atoms with Crippen molar-refractivity contribution in [1.29, 1.82) is 0 Å². The summed E-state index contributed by atoms with van der Waals surface area (Å²) < 4.78 is 34.2. The van der Waals surface area contributed by atoms with E-state index in [1.165, 1.54) is 12.1 Å². The Bertz CT molecular complexity index is 1010. The first-order chi connectivity index (χ1) is 14.8. The van der Waals surface area contributed by atoms with Crippen LogP contribution in [0.15, 0.2) is 52.4 Å². The summed E-state index contributed by atoms with van der Waals surface area (Å²) in [6.45, 7) is 4.63. The first-order valence-corrected chi connectivity index (χ1v) is 11.8. The minimum atomic E-state index is -3.67. The Morgan fingerprint density at radius 3 is 2.59 bits per heavy atom. The van der Waals surface area contributed by atoms with Crippen molar-refractivity contribution in [2.45, 2.75) is 37.3 Å². The third-order valence-electron chi connectivity index (χ3n) is 5.03. The van der Waals surface area contributed by atoms with Gasteiger partial charge in [0.2, 0.25) is 10.0 Å². The van der Waals surface area contributed by atoms with Crippen molar-refractivity contribution in [1.82, 2.24) is 10.6 Å². The smallest absolute Gasteiger partial charge is 0.238 e. The van der Waals surface area contributed by atoms with Crippen LogP contribution in [0.3, 0.4) is 0 Å². The first kappa shape index (κ1) is 26.4. The number of primary sulfonamides is 1. The fourth-order valence-corrected chi connectivity index (χ4v) is 3.79. The van der Waals surface area contributed by atoms with Gasteiger partial charge in [0, 0.05) is 32.1 Å². The van der Waals surface area contributed by atoms with Gasteiger partial charge in [0.05, 0.1) is 18.1 Å². The molecule has 2 aromatic rings. The van der Waals surface area contributed by atoms with Crippen LogP contribution in [0.2, 0.25) is 0 Å². The van der Waals surface area contributed by atoms with Gasteiger partial charge in [-0.1, -0.05) is 24.3 Å². The van der Waals surface area contributed by atoms with Crippen LogP contribution in [0, 0.1) is 6.92 Å². The molecular weight excluding hydrogens is 543 g/mol. The van der Waals surface area contributed by atoms with Crippen LogP contribution in [0.1, 0.15) is 23.1 Å². The molecule has 32 heavy (non-hydrogen) atoms. The Kier molecular flexibility index (Phi) is 10.2. The molecule has 1 aliphatic heterocycles. The van der Waals surface area contributed by atoms with Gasteiger partial charge in [-0.05, 0) is 42.7 Å². The van der Waals surface area contributed by atoms with E-state index < -0.39 is 10.0 Å². The van der Waals surface area contributed by atoms with Crippen molar-refractivity contribution >= 4 is 40.0 Å². The highest BCUT2D eigenvalue weighted by molar-refractivity contribution is 14.0. The van der Waals surface area contributed by atoms with E-state index in [1.54, 1.807) is 19.2 Å². The summed E-state index contributed by atoms with van der Waals surface area (Å²) in [4.78, 5) is 4.38. The number of hydrogen-bond acceptors (Lipinski definition) is 5. The van der Waals surface area contributed by atoms with Crippen molar-refractivity contribution in [2.24, 2.45) is 10.1 Å². The molecule has 0 aliphatic carbocycles. The molecule has 1 saturated heterocycles. The summed E-state index contributed by atoms with van der Waals surface area (Å²) in [5, 5.41) is 11.7. The molecule has 1 atom stereocenters. The molecular formula is C22H31IN4O4S. The van der Waals surface area contributed by atoms with Crippen LogP contribution in [0.25, 0.3) is 0 Å². The molecule has 0 aromatic heterocycles. The zero-order valence-corrected chi connectivity index (χ0v) is 21.5. The molecule has 3 rings (SSSR count). The van der Waals surface area contributed by atoms with Gasteiger partial charge < -0.3 is 20.1 Å².